The van der Waals surface area contributed by atoms with Crippen LogP contribution in [0.15, 0.2) is 62.5 Å². The standard InChI is InChI=1S/C21H23N5O3S3/c1-4-26(5-2)32(27,28)17-9-6-8-15(12-17)19-23-24-21(25(19)3)31-14-16-13-30-20(22-16)18-10-7-11-29-18/h6-13H,4-5,14H2,1-3H3. The van der Waals surface area contributed by atoms with Crippen molar-refractivity contribution in [3.8, 4) is 22.2 Å². The fourth-order valence-corrected chi connectivity index (χ4v) is 6.42. The number of nitrogens with zero attached hydrogens (tertiary/aromatic N) is 5. The van der Waals surface area contributed by atoms with E-state index < -0.39 is 10.0 Å². The van der Waals surface area contributed by atoms with Crippen LogP contribution in [-0.2, 0) is 22.8 Å². The van der Waals surface area contributed by atoms with Gasteiger partial charge in [-0.25, -0.2) is 13.4 Å². The van der Waals surface area contributed by atoms with Gasteiger partial charge in [-0.05, 0) is 24.3 Å². The summed E-state index contributed by atoms with van der Waals surface area (Å²) in [6.45, 7) is 4.51. The van der Waals surface area contributed by atoms with E-state index >= 15 is 0 Å². The number of hydrogen-bond donors (Lipinski definition) is 0. The van der Waals surface area contributed by atoms with Crippen LogP contribution in [0.3, 0.4) is 0 Å². The van der Waals surface area contributed by atoms with Gasteiger partial charge in [0.2, 0.25) is 10.0 Å². The number of furan rings is 1. The Balaban J connectivity index is 1.52. The van der Waals surface area contributed by atoms with Gasteiger partial charge in [0.1, 0.15) is 0 Å². The third-order valence-corrected chi connectivity index (χ3v) is 8.91. The maximum atomic E-state index is 12.9. The first-order valence-corrected chi connectivity index (χ1v) is 13.4. The van der Waals surface area contributed by atoms with Crippen LogP contribution in [0.5, 0.6) is 0 Å². The lowest BCUT2D eigenvalue weighted by Crippen LogP contribution is -2.30. The zero-order valence-corrected chi connectivity index (χ0v) is 20.4. The lowest BCUT2D eigenvalue weighted by molar-refractivity contribution is 0.445. The molecule has 0 aliphatic carbocycles. The van der Waals surface area contributed by atoms with E-state index in [9.17, 15) is 8.42 Å². The molecular weight excluding hydrogens is 466 g/mol. The van der Waals surface area contributed by atoms with Gasteiger partial charge >= 0.3 is 0 Å². The molecule has 0 amide bonds. The van der Waals surface area contributed by atoms with Crippen molar-refractivity contribution in [1.82, 2.24) is 24.1 Å². The highest BCUT2D eigenvalue weighted by atomic mass is 32.2. The lowest BCUT2D eigenvalue weighted by Gasteiger charge is -2.18. The Morgan fingerprint density at radius 3 is 2.69 bits per heavy atom. The largest absolute Gasteiger partial charge is 0.462 e. The molecule has 11 heteroatoms. The van der Waals surface area contributed by atoms with Crippen molar-refractivity contribution < 1.29 is 12.8 Å². The molecule has 0 aliphatic rings. The van der Waals surface area contributed by atoms with Gasteiger partial charge in [0.15, 0.2) is 21.7 Å². The van der Waals surface area contributed by atoms with Crippen molar-refractivity contribution in [3.63, 3.8) is 0 Å². The maximum absolute atomic E-state index is 12.9. The van der Waals surface area contributed by atoms with Crippen molar-refractivity contribution in [2.24, 2.45) is 7.05 Å². The number of benzene rings is 1. The quantitative estimate of drug-likeness (QED) is 0.319. The van der Waals surface area contributed by atoms with E-state index in [1.54, 1.807) is 24.5 Å². The van der Waals surface area contributed by atoms with Crippen molar-refractivity contribution in [2.45, 2.75) is 29.7 Å². The fourth-order valence-electron chi connectivity index (χ4n) is 3.23. The Morgan fingerprint density at radius 1 is 1.16 bits per heavy atom. The summed E-state index contributed by atoms with van der Waals surface area (Å²) in [4.78, 5) is 4.86. The normalized spacial score (nSPS) is 12.0. The monoisotopic (exact) mass is 489 g/mol. The first-order chi connectivity index (χ1) is 15.4. The highest BCUT2D eigenvalue weighted by molar-refractivity contribution is 7.98. The summed E-state index contributed by atoms with van der Waals surface area (Å²) in [7, 11) is -1.67. The molecule has 0 radical (unpaired) electrons. The van der Waals surface area contributed by atoms with E-state index in [1.807, 2.05) is 49.0 Å². The Hall–Kier alpha value is -2.47. The van der Waals surface area contributed by atoms with Gasteiger partial charge in [-0.3, -0.25) is 0 Å². The van der Waals surface area contributed by atoms with Crippen LogP contribution in [0.1, 0.15) is 19.5 Å². The summed E-state index contributed by atoms with van der Waals surface area (Å²) in [5, 5.41) is 12.2. The molecule has 0 N–H and O–H groups in total. The number of thiazole rings is 1. The Kier molecular flexibility index (Phi) is 6.79. The van der Waals surface area contributed by atoms with E-state index in [-0.39, 0.29) is 4.90 Å². The lowest BCUT2D eigenvalue weighted by atomic mass is 10.2. The number of thioether (sulfide) groups is 1. The minimum absolute atomic E-state index is 0.254. The maximum Gasteiger partial charge on any atom is 0.243 e. The average Bonchev–Trinajstić information content (AvgIpc) is 3.54. The SMILES string of the molecule is CCN(CC)S(=O)(=O)c1cccc(-c2nnc(SCc3csc(-c4ccco4)n3)n2C)c1. The molecule has 4 aromatic rings. The average molecular weight is 490 g/mol. The van der Waals surface area contributed by atoms with Crippen LogP contribution in [0.4, 0.5) is 0 Å². The molecule has 0 unspecified atom stereocenters. The topological polar surface area (TPSA) is 94.1 Å². The zero-order chi connectivity index (χ0) is 22.7. The van der Waals surface area contributed by atoms with Gasteiger partial charge < -0.3 is 8.98 Å². The van der Waals surface area contributed by atoms with Crippen LogP contribution in [-0.4, -0.2) is 45.6 Å². The number of rotatable bonds is 9. The molecule has 1 aromatic carbocycles. The third kappa shape index (κ3) is 4.51. The van der Waals surface area contributed by atoms with Gasteiger partial charge in [-0.2, -0.15) is 4.31 Å². The molecule has 0 fully saturated rings. The number of sulfonamides is 1. The highest BCUT2D eigenvalue weighted by Crippen LogP contribution is 2.29. The summed E-state index contributed by atoms with van der Waals surface area (Å²) in [5.41, 5.74) is 1.64. The number of aromatic nitrogens is 4. The molecule has 3 heterocycles. The first kappa shape index (κ1) is 22.7. The smallest absolute Gasteiger partial charge is 0.243 e. The van der Waals surface area contributed by atoms with E-state index in [2.05, 4.69) is 15.2 Å². The van der Waals surface area contributed by atoms with E-state index in [4.69, 9.17) is 4.42 Å². The van der Waals surface area contributed by atoms with Crippen LogP contribution in [0, 0.1) is 0 Å². The zero-order valence-electron chi connectivity index (χ0n) is 17.9. The molecule has 0 aliphatic heterocycles. The second kappa shape index (κ2) is 9.57. The van der Waals surface area contributed by atoms with Crippen LogP contribution < -0.4 is 0 Å². The third-order valence-electron chi connectivity index (χ3n) is 4.90. The van der Waals surface area contributed by atoms with Gasteiger partial charge in [0.05, 0.1) is 16.9 Å². The van der Waals surface area contributed by atoms with E-state index in [0.29, 0.717) is 30.2 Å². The molecule has 0 saturated carbocycles. The molecule has 0 bridgehead atoms. The summed E-state index contributed by atoms with van der Waals surface area (Å²) in [5.74, 6) is 2.00. The van der Waals surface area contributed by atoms with Crippen LogP contribution >= 0.6 is 23.1 Å². The summed E-state index contributed by atoms with van der Waals surface area (Å²) < 4.78 is 34.5. The van der Waals surface area contributed by atoms with Crippen molar-refractivity contribution in [3.05, 3.63) is 53.7 Å². The molecule has 8 nitrogen and oxygen atoms in total. The van der Waals surface area contributed by atoms with Crippen LogP contribution in [0.25, 0.3) is 22.2 Å². The Bertz CT molecular complexity index is 1290. The minimum atomic E-state index is -3.54. The van der Waals surface area contributed by atoms with Crippen molar-refractivity contribution in [2.75, 3.05) is 13.1 Å². The predicted octanol–water partition coefficient (Wildman–Crippen LogP) is 4.52. The summed E-state index contributed by atoms with van der Waals surface area (Å²) in [6.07, 6.45) is 1.63. The molecule has 0 atom stereocenters. The predicted molar refractivity (Wildman–Crippen MR) is 126 cm³/mol. The fraction of sp³-hybridized carbons (Fsp3) is 0.286. The second-order valence-electron chi connectivity index (χ2n) is 6.89. The van der Waals surface area contributed by atoms with E-state index in [0.717, 1.165) is 21.6 Å². The molecule has 32 heavy (non-hydrogen) atoms. The summed E-state index contributed by atoms with van der Waals surface area (Å²) >= 11 is 3.06. The summed E-state index contributed by atoms with van der Waals surface area (Å²) in [6, 6.07) is 10.6. The molecular formula is C21H23N5O3S3. The van der Waals surface area contributed by atoms with Crippen molar-refractivity contribution in [1.29, 1.82) is 0 Å². The first-order valence-electron chi connectivity index (χ1n) is 10.0. The van der Waals surface area contributed by atoms with Gasteiger partial charge in [-0.1, -0.05) is 37.7 Å². The Labute approximate surface area is 195 Å². The minimum Gasteiger partial charge on any atom is -0.462 e. The van der Waals surface area contributed by atoms with Crippen molar-refractivity contribution >= 4 is 33.1 Å². The van der Waals surface area contributed by atoms with Gasteiger partial charge in [0, 0.05) is 36.8 Å². The Morgan fingerprint density at radius 2 is 1.97 bits per heavy atom. The van der Waals surface area contributed by atoms with Gasteiger partial charge in [0.25, 0.3) is 0 Å². The van der Waals surface area contributed by atoms with Gasteiger partial charge in [-0.15, -0.1) is 21.5 Å². The molecule has 3 aromatic heterocycles. The molecule has 0 spiro atoms. The molecule has 4 rings (SSSR count). The highest BCUT2D eigenvalue weighted by Gasteiger charge is 2.23. The second-order valence-corrected chi connectivity index (χ2v) is 10.6. The van der Waals surface area contributed by atoms with E-state index in [1.165, 1.54) is 27.4 Å². The van der Waals surface area contributed by atoms with Crippen LogP contribution in [0.2, 0.25) is 0 Å². The number of hydrogen-bond acceptors (Lipinski definition) is 8. The molecule has 0 saturated heterocycles. The molecule has 168 valence electrons.